The molecule has 0 aliphatic carbocycles. The van der Waals surface area contributed by atoms with Crippen molar-refractivity contribution >= 4 is 43.5 Å². The van der Waals surface area contributed by atoms with Gasteiger partial charge in [0, 0.05) is 17.1 Å². The minimum atomic E-state index is -3.78. The van der Waals surface area contributed by atoms with Gasteiger partial charge in [0.1, 0.15) is 18.3 Å². The maximum atomic E-state index is 13.7. The smallest absolute Gasteiger partial charge is 0.244 e. The van der Waals surface area contributed by atoms with Gasteiger partial charge in [-0.3, -0.25) is 13.9 Å². The van der Waals surface area contributed by atoms with Crippen LogP contribution in [0.5, 0.6) is 5.75 Å². The van der Waals surface area contributed by atoms with Gasteiger partial charge in [0.2, 0.25) is 21.8 Å². The molecule has 0 bridgehead atoms. The van der Waals surface area contributed by atoms with Gasteiger partial charge in [0.25, 0.3) is 0 Å². The van der Waals surface area contributed by atoms with Crippen molar-refractivity contribution in [2.75, 3.05) is 24.2 Å². The SMILES string of the molecule is CC[C@@H](C)NC(=O)[C@H](CC)N(Cc1cccc(OC)c1)C(=O)CN(c1cccc(Br)c1)S(C)(=O)=O. The molecule has 192 valence electrons. The highest BCUT2D eigenvalue weighted by molar-refractivity contribution is 9.10. The third-order valence-corrected chi connectivity index (χ3v) is 7.28. The lowest BCUT2D eigenvalue weighted by Crippen LogP contribution is -2.53. The molecular weight excluding hydrogens is 534 g/mol. The van der Waals surface area contributed by atoms with E-state index < -0.39 is 28.5 Å². The first kappa shape index (κ1) is 28.6. The first-order valence-corrected chi connectivity index (χ1v) is 14.1. The van der Waals surface area contributed by atoms with Gasteiger partial charge in [-0.1, -0.05) is 48.0 Å². The van der Waals surface area contributed by atoms with E-state index in [1.165, 1.54) is 4.90 Å². The van der Waals surface area contributed by atoms with E-state index in [0.29, 0.717) is 22.3 Å². The largest absolute Gasteiger partial charge is 0.497 e. The molecule has 10 heteroatoms. The van der Waals surface area contributed by atoms with Crippen LogP contribution in [0.15, 0.2) is 53.0 Å². The molecule has 2 amide bonds. The van der Waals surface area contributed by atoms with Gasteiger partial charge in [-0.15, -0.1) is 0 Å². The minimum absolute atomic E-state index is 0.0560. The summed E-state index contributed by atoms with van der Waals surface area (Å²) in [4.78, 5) is 28.3. The molecule has 1 N–H and O–H groups in total. The molecule has 0 aliphatic heterocycles. The molecule has 0 spiro atoms. The van der Waals surface area contributed by atoms with Crippen LogP contribution in [0.25, 0.3) is 0 Å². The minimum Gasteiger partial charge on any atom is -0.497 e. The van der Waals surface area contributed by atoms with Crippen LogP contribution in [-0.2, 0) is 26.2 Å². The third-order valence-electron chi connectivity index (χ3n) is 5.65. The van der Waals surface area contributed by atoms with Crippen molar-refractivity contribution in [1.82, 2.24) is 10.2 Å². The summed E-state index contributed by atoms with van der Waals surface area (Å²) in [6.45, 7) is 5.38. The third kappa shape index (κ3) is 8.24. The number of rotatable bonds is 12. The highest BCUT2D eigenvalue weighted by Gasteiger charge is 2.32. The fourth-order valence-corrected chi connectivity index (χ4v) is 4.80. The summed E-state index contributed by atoms with van der Waals surface area (Å²) < 4.78 is 32.3. The summed E-state index contributed by atoms with van der Waals surface area (Å²) in [7, 11) is -2.22. The number of nitrogens with one attached hydrogen (secondary N) is 1. The Hall–Kier alpha value is -2.59. The second-order valence-corrected chi connectivity index (χ2v) is 11.2. The number of benzene rings is 2. The molecule has 35 heavy (non-hydrogen) atoms. The molecule has 2 aromatic carbocycles. The zero-order valence-electron chi connectivity index (χ0n) is 20.8. The Balaban J connectivity index is 2.45. The van der Waals surface area contributed by atoms with Crippen molar-refractivity contribution in [2.45, 2.75) is 52.2 Å². The number of ether oxygens (including phenoxy) is 1. The predicted octanol–water partition coefficient (Wildman–Crippen LogP) is 3.95. The van der Waals surface area contributed by atoms with Crippen molar-refractivity contribution in [3.8, 4) is 5.75 Å². The molecule has 0 fully saturated rings. The monoisotopic (exact) mass is 567 g/mol. The standard InChI is InChI=1S/C25H34BrN3O5S/c1-6-18(3)27-25(31)23(7-2)28(16-19-10-8-13-22(14-19)34-4)24(30)17-29(35(5,32)33)21-12-9-11-20(26)15-21/h8-15,18,23H,6-7,16-17H2,1-5H3,(H,27,31)/t18-,23+/m1/s1. The fourth-order valence-electron chi connectivity index (χ4n) is 3.57. The van der Waals surface area contributed by atoms with Crippen molar-refractivity contribution < 1.29 is 22.7 Å². The van der Waals surface area contributed by atoms with Crippen LogP contribution >= 0.6 is 15.9 Å². The Kier molecular flexibility index (Phi) is 10.6. The van der Waals surface area contributed by atoms with Crippen molar-refractivity contribution in [3.05, 3.63) is 58.6 Å². The van der Waals surface area contributed by atoms with E-state index in [-0.39, 0.29) is 18.5 Å². The molecule has 0 aliphatic rings. The number of anilines is 1. The van der Waals surface area contributed by atoms with Gasteiger partial charge in [-0.25, -0.2) is 8.42 Å². The number of hydrogen-bond acceptors (Lipinski definition) is 5. The van der Waals surface area contributed by atoms with Gasteiger partial charge in [0.15, 0.2) is 0 Å². The fraction of sp³-hybridized carbons (Fsp3) is 0.440. The number of hydrogen-bond donors (Lipinski definition) is 1. The average molecular weight is 569 g/mol. The number of carbonyl (C=O) groups is 2. The molecule has 0 saturated carbocycles. The van der Waals surface area contributed by atoms with Crippen molar-refractivity contribution in [1.29, 1.82) is 0 Å². The number of sulfonamides is 1. The number of methoxy groups -OCH3 is 1. The quantitative estimate of drug-likeness (QED) is 0.419. The second kappa shape index (κ2) is 12.9. The number of halogens is 1. The van der Waals surface area contributed by atoms with E-state index in [9.17, 15) is 18.0 Å². The molecule has 2 atom stereocenters. The zero-order valence-corrected chi connectivity index (χ0v) is 23.2. The maximum absolute atomic E-state index is 13.7. The average Bonchev–Trinajstić information content (AvgIpc) is 2.81. The van der Waals surface area contributed by atoms with E-state index in [2.05, 4.69) is 21.2 Å². The van der Waals surface area contributed by atoms with Crippen LogP contribution in [0.4, 0.5) is 5.69 Å². The van der Waals surface area contributed by atoms with Crippen LogP contribution in [0, 0.1) is 0 Å². The van der Waals surface area contributed by atoms with Gasteiger partial charge >= 0.3 is 0 Å². The van der Waals surface area contributed by atoms with Crippen LogP contribution in [0.1, 0.15) is 39.2 Å². The van der Waals surface area contributed by atoms with Gasteiger partial charge in [0.05, 0.1) is 19.1 Å². The zero-order chi connectivity index (χ0) is 26.2. The lowest BCUT2D eigenvalue weighted by molar-refractivity contribution is -0.140. The van der Waals surface area contributed by atoms with E-state index in [1.54, 1.807) is 49.6 Å². The van der Waals surface area contributed by atoms with Gasteiger partial charge < -0.3 is 15.0 Å². The predicted molar refractivity (Wildman–Crippen MR) is 142 cm³/mol. The lowest BCUT2D eigenvalue weighted by atomic mass is 10.1. The van der Waals surface area contributed by atoms with E-state index in [1.807, 2.05) is 26.8 Å². The molecule has 8 nitrogen and oxygen atoms in total. The summed E-state index contributed by atoms with van der Waals surface area (Å²) in [5.41, 5.74) is 1.12. The Morgan fingerprint density at radius 1 is 1.09 bits per heavy atom. The number of amides is 2. The molecule has 0 aromatic heterocycles. The van der Waals surface area contributed by atoms with E-state index >= 15 is 0 Å². The molecule has 0 saturated heterocycles. The van der Waals surface area contributed by atoms with Crippen LogP contribution in [0.2, 0.25) is 0 Å². The number of carbonyl (C=O) groups excluding carboxylic acids is 2. The molecule has 0 unspecified atom stereocenters. The van der Waals surface area contributed by atoms with E-state index in [4.69, 9.17) is 4.74 Å². The normalized spacial score (nSPS) is 13.0. The molecule has 0 heterocycles. The Bertz CT molecular complexity index is 1130. The van der Waals surface area contributed by atoms with Crippen LogP contribution in [0.3, 0.4) is 0 Å². The topological polar surface area (TPSA) is 96.0 Å². The van der Waals surface area contributed by atoms with Gasteiger partial charge in [-0.05, 0) is 55.7 Å². The van der Waals surface area contributed by atoms with Crippen molar-refractivity contribution in [2.24, 2.45) is 0 Å². The Labute approximate surface area is 216 Å². The van der Waals surface area contributed by atoms with Crippen LogP contribution < -0.4 is 14.4 Å². The maximum Gasteiger partial charge on any atom is 0.244 e. The van der Waals surface area contributed by atoms with E-state index in [0.717, 1.165) is 22.5 Å². The van der Waals surface area contributed by atoms with Crippen LogP contribution in [-0.4, -0.2) is 57.1 Å². The summed E-state index contributed by atoms with van der Waals surface area (Å²) in [6.07, 6.45) is 2.17. The van der Waals surface area contributed by atoms with Crippen molar-refractivity contribution in [3.63, 3.8) is 0 Å². The summed E-state index contributed by atoms with van der Waals surface area (Å²) >= 11 is 3.35. The summed E-state index contributed by atoms with van der Waals surface area (Å²) in [5, 5.41) is 2.95. The highest BCUT2D eigenvalue weighted by atomic mass is 79.9. The molecule has 2 aromatic rings. The first-order valence-electron chi connectivity index (χ1n) is 11.5. The summed E-state index contributed by atoms with van der Waals surface area (Å²) in [5.74, 6) is -0.130. The lowest BCUT2D eigenvalue weighted by Gasteiger charge is -2.33. The first-order chi connectivity index (χ1) is 16.5. The molecular formula is C25H34BrN3O5S. The summed E-state index contributed by atoms with van der Waals surface area (Å²) in [6, 6.07) is 13.1. The second-order valence-electron chi connectivity index (χ2n) is 8.36. The Morgan fingerprint density at radius 3 is 2.34 bits per heavy atom. The van der Waals surface area contributed by atoms with Gasteiger partial charge in [-0.2, -0.15) is 0 Å². The highest BCUT2D eigenvalue weighted by Crippen LogP contribution is 2.23. The number of nitrogens with zero attached hydrogens (tertiary/aromatic N) is 2. The Morgan fingerprint density at radius 2 is 1.77 bits per heavy atom. The molecule has 0 radical (unpaired) electrons. The molecule has 2 rings (SSSR count).